The third kappa shape index (κ3) is 3.12. The van der Waals surface area contributed by atoms with Crippen molar-refractivity contribution in [2.45, 2.75) is 13.5 Å². The van der Waals surface area contributed by atoms with E-state index in [0.717, 1.165) is 11.3 Å². The molecule has 0 atom stereocenters. The van der Waals surface area contributed by atoms with E-state index in [-0.39, 0.29) is 18.0 Å². The van der Waals surface area contributed by atoms with E-state index in [2.05, 4.69) is 25.5 Å². The van der Waals surface area contributed by atoms with Crippen LogP contribution in [0.2, 0.25) is 0 Å². The van der Waals surface area contributed by atoms with Gasteiger partial charge < -0.3 is 10.3 Å². The van der Waals surface area contributed by atoms with E-state index in [1.807, 2.05) is 16.8 Å². The van der Waals surface area contributed by atoms with Gasteiger partial charge in [-0.2, -0.15) is 16.4 Å². The van der Waals surface area contributed by atoms with Crippen LogP contribution in [0.15, 0.2) is 33.8 Å². The molecule has 7 nitrogen and oxygen atoms in total. The number of thiophene rings is 1. The number of carbonyl (C=O) groups excluding carboxylic acids is 1. The van der Waals surface area contributed by atoms with Gasteiger partial charge in [0.15, 0.2) is 0 Å². The van der Waals surface area contributed by atoms with Gasteiger partial charge in [-0.05, 0) is 24.4 Å². The lowest BCUT2D eigenvalue weighted by molar-refractivity contribution is 0.0945. The number of nitrogens with zero attached hydrogens (tertiary/aromatic N) is 2. The highest BCUT2D eigenvalue weighted by Crippen LogP contribution is 2.20. The molecule has 8 heteroatoms. The third-order valence-electron chi connectivity index (χ3n) is 2.98. The molecule has 0 aliphatic heterocycles. The maximum Gasteiger partial charge on any atom is 0.269 e. The molecule has 1 amide bonds. The molecule has 0 saturated heterocycles. The van der Waals surface area contributed by atoms with Crippen LogP contribution < -0.4 is 10.9 Å². The highest BCUT2D eigenvalue weighted by Gasteiger charge is 2.11. The van der Waals surface area contributed by atoms with Gasteiger partial charge in [-0.25, -0.2) is 4.98 Å². The molecule has 3 aromatic rings. The van der Waals surface area contributed by atoms with Crippen molar-refractivity contribution in [3.8, 4) is 11.3 Å². The van der Waals surface area contributed by atoms with Crippen molar-refractivity contribution in [1.29, 1.82) is 0 Å². The van der Waals surface area contributed by atoms with Crippen molar-refractivity contribution in [3.63, 3.8) is 0 Å². The average molecular weight is 315 g/mol. The number of aromatic nitrogens is 4. The molecule has 0 aliphatic rings. The Morgan fingerprint density at radius 3 is 3.00 bits per heavy atom. The van der Waals surface area contributed by atoms with Crippen molar-refractivity contribution in [2.24, 2.45) is 0 Å². The Kier molecular flexibility index (Phi) is 3.84. The van der Waals surface area contributed by atoms with Crippen molar-refractivity contribution < 1.29 is 4.79 Å². The Hall–Kier alpha value is -2.74. The first-order valence-corrected chi connectivity index (χ1v) is 7.49. The summed E-state index contributed by atoms with van der Waals surface area (Å²) in [5, 5.41) is 13.4. The van der Waals surface area contributed by atoms with Crippen LogP contribution in [0.3, 0.4) is 0 Å². The summed E-state index contributed by atoms with van der Waals surface area (Å²) >= 11 is 1.57. The van der Waals surface area contributed by atoms with Gasteiger partial charge in [-0.1, -0.05) is 0 Å². The fourth-order valence-electron chi connectivity index (χ4n) is 1.99. The summed E-state index contributed by atoms with van der Waals surface area (Å²) in [6.07, 6.45) is 0. The summed E-state index contributed by atoms with van der Waals surface area (Å²) in [4.78, 5) is 30.1. The minimum absolute atomic E-state index is 0.177. The number of nitrogens with one attached hydrogen (secondary N) is 3. The second kappa shape index (κ2) is 5.94. The predicted molar refractivity (Wildman–Crippen MR) is 82.7 cm³/mol. The zero-order valence-electron chi connectivity index (χ0n) is 11.7. The number of amides is 1. The van der Waals surface area contributed by atoms with E-state index in [4.69, 9.17) is 0 Å². The van der Waals surface area contributed by atoms with Crippen molar-refractivity contribution in [3.05, 3.63) is 56.5 Å². The van der Waals surface area contributed by atoms with E-state index < -0.39 is 0 Å². The van der Waals surface area contributed by atoms with Gasteiger partial charge in [0, 0.05) is 17.0 Å². The predicted octanol–water partition coefficient (Wildman–Crippen LogP) is 1.46. The first-order valence-electron chi connectivity index (χ1n) is 6.55. The lowest BCUT2D eigenvalue weighted by atomic mass is 10.2. The summed E-state index contributed by atoms with van der Waals surface area (Å²) in [6, 6.07) is 4.98. The van der Waals surface area contributed by atoms with Crippen LogP contribution in [0.1, 0.15) is 22.0 Å². The molecule has 112 valence electrons. The second-order valence-corrected chi connectivity index (χ2v) is 5.46. The van der Waals surface area contributed by atoms with Crippen LogP contribution in [0.4, 0.5) is 0 Å². The summed E-state index contributed by atoms with van der Waals surface area (Å²) in [5.41, 5.74) is 2.32. The number of rotatable bonds is 4. The maximum atomic E-state index is 12.1. The van der Waals surface area contributed by atoms with Crippen LogP contribution in [0, 0.1) is 6.92 Å². The summed E-state index contributed by atoms with van der Waals surface area (Å²) in [5.74, 6) is 0.215. The highest BCUT2D eigenvalue weighted by molar-refractivity contribution is 7.08. The van der Waals surface area contributed by atoms with Crippen LogP contribution in [-0.2, 0) is 6.54 Å². The molecular formula is C14H13N5O2S. The lowest BCUT2D eigenvalue weighted by Crippen LogP contribution is -2.25. The van der Waals surface area contributed by atoms with Crippen LogP contribution in [-0.4, -0.2) is 26.1 Å². The van der Waals surface area contributed by atoms with E-state index in [1.54, 1.807) is 24.3 Å². The molecule has 0 spiro atoms. The largest absolute Gasteiger partial charge is 0.345 e. The Morgan fingerprint density at radius 1 is 1.41 bits per heavy atom. The van der Waals surface area contributed by atoms with Gasteiger partial charge in [-0.15, -0.1) is 0 Å². The highest BCUT2D eigenvalue weighted by atomic mass is 32.1. The van der Waals surface area contributed by atoms with Gasteiger partial charge >= 0.3 is 0 Å². The van der Waals surface area contributed by atoms with Crippen LogP contribution >= 0.6 is 11.3 Å². The number of H-pyrrole nitrogens is 2. The summed E-state index contributed by atoms with van der Waals surface area (Å²) < 4.78 is 0. The standard InChI is InChI=1S/C14H13N5O2S/c1-8-16-10(4-13(20)17-8)6-15-14(21)12-5-11(18-19-12)9-2-3-22-7-9/h2-5,7H,6H2,1H3,(H,15,21)(H,18,19)(H,16,17,20). The zero-order chi connectivity index (χ0) is 15.5. The lowest BCUT2D eigenvalue weighted by Gasteiger charge is -2.03. The van der Waals surface area contributed by atoms with E-state index in [1.165, 1.54) is 6.07 Å². The Labute approximate surface area is 129 Å². The van der Waals surface area contributed by atoms with Crippen molar-refractivity contribution >= 4 is 17.2 Å². The normalized spacial score (nSPS) is 10.6. The minimum atomic E-state index is -0.297. The number of carbonyl (C=O) groups is 1. The molecule has 0 fully saturated rings. The molecule has 3 rings (SSSR count). The van der Waals surface area contributed by atoms with Gasteiger partial charge in [0.1, 0.15) is 11.5 Å². The molecule has 0 aromatic carbocycles. The fraction of sp³-hybridized carbons (Fsp3) is 0.143. The van der Waals surface area contributed by atoms with Gasteiger partial charge in [0.25, 0.3) is 11.5 Å². The SMILES string of the molecule is Cc1nc(CNC(=O)c2cc(-c3ccsc3)n[nH]2)cc(=O)[nH]1. The molecule has 22 heavy (non-hydrogen) atoms. The molecule has 0 aliphatic carbocycles. The molecular weight excluding hydrogens is 302 g/mol. The van der Waals surface area contributed by atoms with E-state index in [9.17, 15) is 9.59 Å². The smallest absolute Gasteiger partial charge is 0.269 e. The second-order valence-electron chi connectivity index (χ2n) is 4.68. The number of aryl methyl sites for hydroxylation is 1. The minimum Gasteiger partial charge on any atom is -0.345 e. The molecule has 0 bridgehead atoms. The molecule has 0 saturated carbocycles. The maximum absolute atomic E-state index is 12.1. The van der Waals surface area contributed by atoms with Crippen LogP contribution in [0.25, 0.3) is 11.3 Å². The number of hydrogen-bond acceptors (Lipinski definition) is 5. The zero-order valence-corrected chi connectivity index (χ0v) is 12.5. The van der Waals surface area contributed by atoms with Crippen molar-refractivity contribution in [2.75, 3.05) is 0 Å². The Bertz CT molecular complexity index is 850. The Morgan fingerprint density at radius 2 is 2.27 bits per heavy atom. The summed E-state index contributed by atoms with van der Waals surface area (Å²) in [7, 11) is 0. The average Bonchev–Trinajstić information content (AvgIpc) is 3.14. The number of hydrogen-bond donors (Lipinski definition) is 3. The molecule has 0 radical (unpaired) electrons. The topological polar surface area (TPSA) is 104 Å². The van der Waals surface area contributed by atoms with Gasteiger partial charge in [-0.3, -0.25) is 14.7 Å². The van der Waals surface area contributed by atoms with E-state index >= 15 is 0 Å². The molecule has 3 aromatic heterocycles. The third-order valence-corrected chi connectivity index (χ3v) is 3.67. The quantitative estimate of drug-likeness (QED) is 0.678. The Balaban J connectivity index is 1.68. The van der Waals surface area contributed by atoms with E-state index in [0.29, 0.717) is 17.2 Å². The van der Waals surface area contributed by atoms with Gasteiger partial charge in [0.2, 0.25) is 0 Å². The fourth-order valence-corrected chi connectivity index (χ4v) is 2.64. The monoisotopic (exact) mass is 315 g/mol. The molecule has 3 heterocycles. The van der Waals surface area contributed by atoms with Crippen LogP contribution in [0.5, 0.6) is 0 Å². The first kappa shape index (κ1) is 14.2. The molecule has 0 unspecified atom stereocenters. The summed E-state index contributed by atoms with van der Waals surface area (Å²) in [6.45, 7) is 1.87. The molecule has 3 N–H and O–H groups in total. The first-order chi connectivity index (χ1) is 10.6. The number of aromatic amines is 2. The van der Waals surface area contributed by atoms with Crippen molar-refractivity contribution in [1.82, 2.24) is 25.5 Å². The van der Waals surface area contributed by atoms with Gasteiger partial charge in [0.05, 0.1) is 17.9 Å².